The number of benzene rings is 1. The molecule has 100 valence electrons. The van der Waals surface area contributed by atoms with E-state index in [4.69, 9.17) is 5.73 Å². The van der Waals surface area contributed by atoms with Crippen molar-refractivity contribution in [3.05, 3.63) is 47.9 Å². The normalized spacial score (nSPS) is 12.2. The average molecular weight is 469 g/mol. The minimum Gasteiger partial charge on any atom is -0.369 e. The average Bonchev–Trinajstić information content (AvgIpc) is 2.68. The number of hydrogen-bond donors (Lipinski definition) is 2. The molecule has 1 aromatic carbocycles. The molecule has 0 radical (unpaired) electrons. The van der Waals surface area contributed by atoms with Gasteiger partial charge < -0.3 is 11.1 Å². The van der Waals surface area contributed by atoms with Gasteiger partial charge in [-0.15, -0.1) is 11.3 Å². The molecule has 7 heteroatoms. The quantitative estimate of drug-likeness (QED) is 0.684. The number of nitrogens with one attached hydrogen (secondary N) is 1. The first-order valence-corrected chi connectivity index (χ1v) is 8.43. The third-order valence-corrected chi connectivity index (χ3v) is 6.42. The molecule has 3 N–H and O–H groups in total. The lowest BCUT2D eigenvalue weighted by atomic mass is 10.2. The largest absolute Gasteiger partial charge is 0.369 e. The molecule has 1 heterocycles. The summed E-state index contributed by atoms with van der Waals surface area (Å²) >= 11 is 11.7. The Kier molecular flexibility index (Phi) is 5.05. The molecule has 0 fully saturated rings. The summed E-state index contributed by atoms with van der Waals surface area (Å²) in [6.07, 6.45) is 0. The van der Waals surface area contributed by atoms with Crippen molar-refractivity contribution in [2.45, 2.75) is 6.04 Å². The van der Waals surface area contributed by atoms with Gasteiger partial charge in [0.1, 0.15) is 6.04 Å². The summed E-state index contributed by atoms with van der Waals surface area (Å²) in [6.45, 7) is 0. The molecule has 0 saturated heterocycles. The molecule has 3 nitrogen and oxygen atoms in total. The molecule has 0 bridgehead atoms. The van der Waals surface area contributed by atoms with Crippen LogP contribution in [0.5, 0.6) is 0 Å². The molecule has 1 unspecified atom stereocenters. The van der Waals surface area contributed by atoms with E-state index in [1.54, 1.807) is 0 Å². The number of carbonyl (C=O) groups is 1. The van der Waals surface area contributed by atoms with Crippen LogP contribution in [0.4, 0.5) is 5.69 Å². The molecule has 19 heavy (non-hydrogen) atoms. The van der Waals surface area contributed by atoms with Crippen LogP contribution in [0.3, 0.4) is 0 Å². The van der Waals surface area contributed by atoms with Crippen molar-refractivity contribution in [1.82, 2.24) is 0 Å². The van der Waals surface area contributed by atoms with Crippen LogP contribution < -0.4 is 11.1 Å². The maximum Gasteiger partial charge on any atom is 0.245 e. The number of hydrogen-bond acceptors (Lipinski definition) is 3. The minimum absolute atomic E-state index is 0.419. The number of carbonyl (C=O) groups excluding carboxylic acids is 1. The molecule has 0 spiro atoms. The molecule has 0 saturated carbocycles. The van der Waals surface area contributed by atoms with Crippen LogP contribution in [0, 0.1) is 0 Å². The Labute approximate surface area is 140 Å². The molecule has 1 amide bonds. The van der Waals surface area contributed by atoms with Crippen molar-refractivity contribution in [2.24, 2.45) is 5.73 Å². The minimum atomic E-state index is -0.564. The van der Waals surface area contributed by atoms with E-state index in [2.05, 4.69) is 53.1 Å². The fraction of sp³-hybridized carbons (Fsp3) is 0.0833. The lowest BCUT2D eigenvalue weighted by Crippen LogP contribution is -2.27. The standard InChI is InChI=1S/C12H9Br3N2OS/c13-6-3-1-2-4-8(6)17-10(12(16)18)9-5-7(14)11(15)19-9/h1-5,10,17H,(H2,16,18). The van der Waals surface area contributed by atoms with Gasteiger partial charge in [0.05, 0.1) is 3.79 Å². The fourth-order valence-corrected chi connectivity index (χ4v) is 4.07. The van der Waals surface area contributed by atoms with Crippen LogP contribution in [0.25, 0.3) is 0 Å². The van der Waals surface area contributed by atoms with Crippen LogP contribution >= 0.6 is 59.1 Å². The van der Waals surface area contributed by atoms with Crippen LogP contribution in [0.2, 0.25) is 0 Å². The predicted octanol–water partition coefficient (Wildman–Crippen LogP) is 4.67. The van der Waals surface area contributed by atoms with Gasteiger partial charge in [0.25, 0.3) is 0 Å². The molecule has 2 rings (SSSR count). The van der Waals surface area contributed by atoms with E-state index >= 15 is 0 Å². The highest BCUT2D eigenvalue weighted by molar-refractivity contribution is 9.13. The maximum atomic E-state index is 11.7. The first-order chi connectivity index (χ1) is 8.99. The van der Waals surface area contributed by atoms with Crippen molar-refractivity contribution in [3.8, 4) is 0 Å². The monoisotopic (exact) mass is 466 g/mol. The van der Waals surface area contributed by atoms with Crippen LogP contribution in [-0.2, 0) is 4.79 Å². The van der Waals surface area contributed by atoms with E-state index < -0.39 is 11.9 Å². The van der Waals surface area contributed by atoms with Crippen molar-refractivity contribution >= 4 is 70.7 Å². The Balaban J connectivity index is 2.32. The van der Waals surface area contributed by atoms with Crippen LogP contribution in [-0.4, -0.2) is 5.91 Å². The van der Waals surface area contributed by atoms with Crippen LogP contribution in [0.15, 0.2) is 43.1 Å². The molecule has 0 aliphatic carbocycles. The Morgan fingerprint density at radius 1 is 1.21 bits per heavy atom. The summed E-state index contributed by atoms with van der Waals surface area (Å²) in [5, 5.41) is 3.15. The second-order valence-corrected chi connectivity index (χ2v) is 7.84. The molecular weight excluding hydrogens is 460 g/mol. The number of thiophene rings is 1. The second-order valence-electron chi connectivity index (χ2n) is 3.73. The summed E-state index contributed by atoms with van der Waals surface area (Å²) in [5.41, 5.74) is 6.31. The summed E-state index contributed by atoms with van der Waals surface area (Å²) in [4.78, 5) is 12.5. The van der Waals surface area contributed by atoms with E-state index in [1.807, 2.05) is 30.3 Å². The van der Waals surface area contributed by atoms with E-state index in [-0.39, 0.29) is 0 Å². The molecule has 0 aliphatic rings. The number of primary amides is 1. The summed E-state index contributed by atoms with van der Waals surface area (Å²) in [6, 6.07) is 8.91. The Hall–Kier alpha value is -0.370. The SMILES string of the molecule is NC(=O)C(Nc1ccccc1Br)c1cc(Br)c(Br)s1. The highest BCUT2D eigenvalue weighted by Gasteiger charge is 2.21. The third kappa shape index (κ3) is 3.59. The number of anilines is 1. The lowest BCUT2D eigenvalue weighted by molar-refractivity contribution is -0.118. The van der Waals surface area contributed by atoms with Crippen molar-refractivity contribution in [3.63, 3.8) is 0 Å². The predicted molar refractivity (Wildman–Crippen MR) is 89.4 cm³/mol. The highest BCUT2D eigenvalue weighted by Crippen LogP contribution is 2.37. The van der Waals surface area contributed by atoms with Crippen LogP contribution in [0.1, 0.15) is 10.9 Å². The van der Waals surface area contributed by atoms with Crippen molar-refractivity contribution < 1.29 is 4.79 Å². The number of rotatable bonds is 4. The van der Waals surface area contributed by atoms with Crippen molar-refractivity contribution in [1.29, 1.82) is 0 Å². The second kappa shape index (κ2) is 6.39. The smallest absolute Gasteiger partial charge is 0.245 e. The van der Waals surface area contributed by atoms with E-state index in [0.717, 1.165) is 23.3 Å². The summed E-state index contributed by atoms with van der Waals surface area (Å²) in [5.74, 6) is -0.419. The van der Waals surface area contributed by atoms with Gasteiger partial charge in [-0.05, 0) is 66.0 Å². The molecule has 1 aromatic heterocycles. The number of nitrogens with two attached hydrogens (primary N) is 1. The zero-order valence-corrected chi connectivity index (χ0v) is 15.1. The fourth-order valence-electron chi connectivity index (χ4n) is 1.52. The Bertz CT molecular complexity index is 595. The third-order valence-electron chi connectivity index (χ3n) is 2.41. The number of amides is 1. The zero-order valence-electron chi connectivity index (χ0n) is 9.49. The Morgan fingerprint density at radius 2 is 1.89 bits per heavy atom. The zero-order chi connectivity index (χ0) is 14.0. The lowest BCUT2D eigenvalue weighted by Gasteiger charge is -2.16. The Morgan fingerprint density at radius 3 is 2.42 bits per heavy atom. The van der Waals surface area contributed by atoms with Gasteiger partial charge in [-0.25, -0.2) is 0 Å². The first-order valence-electron chi connectivity index (χ1n) is 5.24. The van der Waals surface area contributed by atoms with Gasteiger partial charge in [0.2, 0.25) is 5.91 Å². The topological polar surface area (TPSA) is 55.1 Å². The number of para-hydroxylation sites is 1. The van der Waals surface area contributed by atoms with Gasteiger partial charge in [0.15, 0.2) is 0 Å². The maximum absolute atomic E-state index is 11.7. The van der Waals surface area contributed by atoms with Gasteiger partial charge in [-0.1, -0.05) is 12.1 Å². The molecule has 2 aromatic rings. The molecule has 0 aliphatic heterocycles. The summed E-state index contributed by atoms with van der Waals surface area (Å²) < 4.78 is 2.73. The first kappa shape index (κ1) is 15.0. The highest BCUT2D eigenvalue weighted by atomic mass is 79.9. The number of halogens is 3. The summed E-state index contributed by atoms with van der Waals surface area (Å²) in [7, 11) is 0. The van der Waals surface area contributed by atoms with Gasteiger partial charge >= 0.3 is 0 Å². The van der Waals surface area contributed by atoms with E-state index in [9.17, 15) is 4.79 Å². The van der Waals surface area contributed by atoms with Gasteiger partial charge in [-0.2, -0.15) is 0 Å². The molecular formula is C12H9Br3N2OS. The van der Waals surface area contributed by atoms with E-state index in [1.165, 1.54) is 11.3 Å². The molecule has 1 atom stereocenters. The van der Waals surface area contributed by atoms with Gasteiger partial charge in [0, 0.05) is 19.5 Å². The van der Waals surface area contributed by atoms with Gasteiger partial charge in [-0.3, -0.25) is 4.79 Å². The van der Waals surface area contributed by atoms with E-state index in [0.29, 0.717) is 0 Å². The van der Waals surface area contributed by atoms with Crippen molar-refractivity contribution in [2.75, 3.05) is 5.32 Å².